The molecule has 3 nitrogen and oxygen atoms in total. The average molecular weight is 275 g/mol. The van der Waals surface area contributed by atoms with Crippen LogP contribution < -0.4 is 9.47 Å². The maximum Gasteiger partial charge on any atom is 0.161 e. The highest BCUT2D eigenvalue weighted by molar-refractivity contribution is 9.10. The largest absolute Gasteiger partial charge is 0.493 e. The number of aliphatic hydroxyl groups is 1. The number of hydrogen-bond donors (Lipinski definition) is 1. The number of rotatable bonds is 4. The molecule has 0 saturated heterocycles. The highest BCUT2D eigenvalue weighted by Crippen LogP contribution is 2.33. The van der Waals surface area contributed by atoms with Gasteiger partial charge in [0.15, 0.2) is 11.5 Å². The molecule has 1 aromatic rings. The van der Waals surface area contributed by atoms with Gasteiger partial charge in [-0.15, -0.1) is 0 Å². The molecule has 0 unspecified atom stereocenters. The highest BCUT2D eigenvalue weighted by atomic mass is 79.9. The van der Waals surface area contributed by atoms with Crippen LogP contribution in [0, 0.1) is 0 Å². The first-order valence-corrected chi connectivity index (χ1v) is 5.46. The summed E-state index contributed by atoms with van der Waals surface area (Å²) >= 11 is 3.43. The molecule has 0 aliphatic carbocycles. The van der Waals surface area contributed by atoms with Gasteiger partial charge in [-0.1, -0.05) is 15.9 Å². The molecule has 0 aliphatic rings. The molecule has 4 heteroatoms. The topological polar surface area (TPSA) is 38.7 Å². The minimum absolute atomic E-state index is 0.376. The van der Waals surface area contributed by atoms with Gasteiger partial charge >= 0.3 is 0 Å². The van der Waals surface area contributed by atoms with Crippen LogP contribution in [0.4, 0.5) is 0 Å². The molecule has 0 spiro atoms. The molecule has 84 valence electrons. The summed E-state index contributed by atoms with van der Waals surface area (Å²) in [6, 6.07) is 3.71. The van der Waals surface area contributed by atoms with Crippen molar-refractivity contribution >= 4 is 15.9 Å². The first kappa shape index (κ1) is 12.3. The third kappa shape index (κ3) is 3.11. The summed E-state index contributed by atoms with van der Waals surface area (Å²) in [6.07, 6.45) is 0.209. The second kappa shape index (κ2) is 5.37. The third-order valence-corrected chi connectivity index (χ3v) is 2.81. The number of aliphatic hydroxyl groups excluding tert-OH is 1. The average Bonchev–Trinajstić information content (AvgIpc) is 2.19. The molecule has 0 amide bonds. The quantitative estimate of drug-likeness (QED) is 0.917. The number of halogens is 1. The minimum Gasteiger partial charge on any atom is -0.493 e. The van der Waals surface area contributed by atoms with E-state index in [1.165, 1.54) is 0 Å². The molecule has 0 radical (unpaired) electrons. The standard InChI is InChI=1S/C11H15BrO3/c1-7(13)4-8-5-10(14-2)11(15-3)6-9(8)12/h5-7,13H,4H2,1-3H3/t7-/m0/s1. The Balaban J connectivity index is 3.08. The molecule has 15 heavy (non-hydrogen) atoms. The van der Waals surface area contributed by atoms with Crippen molar-refractivity contribution in [2.45, 2.75) is 19.4 Å². The van der Waals surface area contributed by atoms with Crippen LogP contribution in [0.2, 0.25) is 0 Å². The van der Waals surface area contributed by atoms with Crippen LogP contribution in [0.3, 0.4) is 0 Å². The first-order chi connectivity index (χ1) is 7.08. The fraction of sp³-hybridized carbons (Fsp3) is 0.455. The molecule has 1 aromatic carbocycles. The molecule has 0 bridgehead atoms. The van der Waals surface area contributed by atoms with E-state index in [2.05, 4.69) is 15.9 Å². The Morgan fingerprint density at radius 1 is 1.27 bits per heavy atom. The molecule has 1 atom stereocenters. The zero-order valence-corrected chi connectivity index (χ0v) is 10.7. The van der Waals surface area contributed by atoms with Gasteiger partial charge in [-0.2, -0.15) is 0 Å². The zero-order valence-electron chi connectivity index (χ0n) is 9.08. The van der Waals surface area contributed by atoms with Crippen molar-refractivity contribution < 1.29 is 14.6 Å². The van der Waals surface area contributed by atoms with Crippen LogP contribution in [0.15, 0.2) is 16.6 Å². The van der Waals surface area contributed by atoms with E-state index in [9.17, 15) is 5.11 Å². The fourth-order valence-corrected chi connectivity index (χ4v) is 1.86. The Kier molecular flexibility index (Phi) is 4.42. The third-order valence-electron chi connectivity index (χ3n) is 2.07. The molecule has 0 aromatic heterocycles. The lowest BCUT2D eigenvalue weighted by molar-refractivity contribution is 0.195. The van der Waals surface area contributed by atoms with Gasteiger partial charge in [0.2, 0.25) is 0 Å². The van der Waals surface area contributed by atoms with Crippen molar-refractivity contribution in [1.82, 2.24) is 0 Å². The van der Waals surface area contributed by atoms with Crippen LogP contribution in [0.5, 0.6) is 11.5 Å². The van der Waals surface area contributed by atoms with Crippen molar-refractivity contribution in [1.29, 1.82) is 0 Å². The van der Waals surface area contributed by atoms with E-state index in [0.29, 0.717) is 17.9 Å². The lowest BCUT2D eigenvalue weighted by atomic mass is 10.1. The second-order valence-electron chi connectivity index (χ2n) is 3.35. The summed E-state index contributed by atoms with van der Waals surface area (Å²) in [5, 5.41) is 9.33. The molecular weight excluding hydrogens is 260 g/mol. The van der Waals surface area contributed by atoms with Crippen LogP contribution in [0.25, 0.3) is 0 Å². The number of ether oxygens (including phenoxy) is 2. The van der Waals surface area contributed by atoms with Gasteiger partial charge in [-0.05, 0) is 31.0 Å². The van der Waals surface area contributed by atoms with Gasteiger partial charge in [-0.3, -0.25) is 0 Å². The number of methoxy groups -OCH3 is 2. The van der Waals surface area contributed by atoms with E-state index in [1.54, 1.807) is 21.1 Å². The Hall–Kier alpha value is -0.740. The van der Waals surface area contributed by atoms with Gasteiger partial charge in [0.05, 0.1) is 20.3 Å². The van der Waals surface area contributed by atoms with Crippen LogP contribution in [-0.2, 0) is 6.42 Å². The summed E-state index contributed by atoms with van der Waals surface area (Å²) in [4.78, 5) is 0. The van der Waals surface area contributed by atoms with Crippen molar-refractivity contribution in [3.8, 4) is 11.5 Å². The maximum absolute atomic E-state index is 9.33. The van der Waals surface area contributed by atoms with E-state index in [1.807, 2.05) is 12.1 Å². The number of hydrogen-bond acceptors (Lipinski definition) is 3. The van der Waals surface area contributed by atoms with Gasteiger partial charge in [0, 0.05) is 4.47 Å². The lowest BCUT2D eigenvalue weighted by Gasteiger charge is -2.12. The minimum atomic E-state index is -0.376. The first-order valence-electron chi connectivity index (χ1n) is 4.67. The van der Waals surface area contributed by atoms with Gasteiger partial charge in [0.1, 0.15) is 0 Å². The van der Waals surface area contributed by atoms with Crippen molar-refractivity contribution in [2.24, 2.45) is 0 Å². The number of benzene rings is 1. The van der Waals surface area contributed by atoms with Gasteiger partial charge in [-0.25, -0.2) is 0 Å². The van der Waals surface area contributed by atoms with Crippen LogP contribution >= 0.6 is 15.9 Å². The predicted octanol–water partition coefficient (Wildman–Crippen LogP) is 2.39. The normalized spacial score (nSPS) is 12.3. The van der Waals surface area contributed by atoms with E-state index >= 15 is 0 Å². The SMILES string of the molecule is COc1cc(Br)c(C[C@H](C)O)cc1OC. The molecule has 1 rings (SSSR count). The maximum atomic E-state index is 9.33. The summed E-state index contributed by atoms with van der Waals surface area (Å²) in [5.41, 5.74) is 1.00. The highest BCUT2D eigenvalue weighted by Gasteiger charge is 2.10. The Morgan fingerprint density at radius 3 is 2.27 bits per heavy atom. The Morgan fingerprint density at radius 2 is 1.80 bits per heavy atom. The fourth-order valence-electron chi connectivity index (χ4n) is 1.37. The zero-order chi connectivity index (χ0) is 11.4. The predicted molar refractivity (Wildman–Crippen MR) is 62.6 cm³/mol. The molecule has 1 N–H and O–H groups in total. The Labute approximate surface area is 98.1 Å². The van der Waals surface area contributed by atoms with Crippen molar-refractivity contribution in [3.05, 3.63) is 22.2 Å². The Bertz CT molecular complexity index is 337. The van der Waals surface area contributed by atoms with Gasteiger partial charge in [0.25, 0.3) is 0 Å². The smallest absolute Gasteiger partial charge is 0.161 e. The van der Waals surface area contributed by atoms with Gasteiger partial charge < -0.3 is 14.6 Å². The molecule has 0 heterocycles. The molecular formula is C11H15BrO3. The van der Waals surface area contributed by atoms with E-state index in [-0.39, 0.29) is 6.10 Å². The lowest BCUT2D eigenvalue weighted by Crippen LogP contribution is -2.05. The second-order valence-corrected chi connectivity index (χ2v) is 4.21. The molecule has 0 saturated carbocycles. The summed E-state index contributed by atoms with van der Waals surface area (Å²) in [7, 11) is 3.19. The molecule has 0 aliphatic heterocycles. The monoisotopic (exact) mass is 274 g/mol. The van der Waals surface area contributed by atoms with E-state index in [0.717, 1.165) is 10.0 Å². The van der Waals surface area contributed by atoms with Crippen LogP contribution in [-0.4, -0.2) is 25.4 Å². The van der Waals surface area contributed by atoms with E-state index in [4.69, 9.17) is 9.47 Å². The van der Waals surface area contributed by atoms with Crippen molar-refractivity contribution in [3.63, 3.8) is 0 Å². The summed E-state index contributed by atoms with van der Waals surface area (Å²) < 4.78 is 11.3. The van der Waals surface area contributed by atoms with Crippen molar-refractivity contribution in [2.75, 3.05) is 14.2 Å². The van der Waals surface area contributed by atoms with Crippen LogP contribution in [0.1, 0.15) is 12.5 Å². The summed E-state index contributed by atoms with van der Waals surface area (Å²) in [6.45, 7) is 1.75. The summed E-state index contributed by atoms with van der Waals surface area (Å²) in [5.74, 6) is 1.36. The van der Waals surface area contributed by atoms with E-state index < -0.39 is 0 Å². The molecule has 0 fully saturated rings.